The van der Waals surface area contributed by atoms with E-state index in [1.54, 1.807) is 0 Å². The van der Waals surface area contributed by atoms with Gasteiger partial charge in [-0.3, -0.25) is 0 Å². The van der Waals surface area contributed by atoms with Crippen molar-refractivity contribution in [3.8, 4) is 0 Å². The topological polar surface area (TPSA) is 3.24 Å². The second-order valence-corrected chi connectivity index (χ2v) is 3.30. The van der Waals surface area contributed by atoms with Crippen LogP contribution in [0.25, 0.3) is 0 Å². The minimum Gasteiger partial charge on any atom is -0.451 e. The van der Waals surface area contributed by atoms with Gasteiger partial charge in [-0.1, -0.05) is 18.8 Å². The smallest absolute Gasteiger partial charge is 0.396 e. The molecule has 1 nitrogen and oxygen atoms in total. The molecule has 0 bridgehead atoms. The van der Waals surface area contributed by atoms with Gasteiger partial charge in [0, 0.05) is 32.7 Å². The molecule has 1 aliphatic heterocycles. The van der Waals surface area contributed by atoms with E-state index in [9.17, 15) is 22.0 Å². The Bertz CT molecular complexity index is 356. The molecule has 1 radical (unpaired) electrons. The van der Waals surface area contributed by atoms with Crippen LogP contribution in [-0.2, 0) is 32.7 Å². The van der Waals surface area contributed by atoms with E-state index in [2.05, 4.69) is 12.8 Å². The standard InChI is InChI=1S/C10H9F5N.Y/c1-6-3-8(10(13,14)15)7(2)16(4-6)5-9(11)12;/h3,9H,2,5H2,1H3;/q-1;. The van der Waals surface area contributed by atoms with Crippen molar-refractivity contribution in [2.24, 2.45) is 0 Å². The normalized spacial score (nSPS) is 16.6. The number of allylic oxidation sites excluding steroid dienone is 3. The van der Waals surface area contributed by atoms with Crippen molar-refractivity contribution in [2.75, 3.05) is 6.54 Å². The fourth-order valence-corrected chi connectivity index (χ4v) is 1.30. The first-order chi connectivity index (χ1) is 7.21. The van der Waals surface area contributed by atoms with E-state index >= 15 is 0 Å². The van der Waals surface area contributed by atoms with Crippen molar-refractivity contribution in [1.82, 2.24) is 4.90 Å². The second kappa shape index (κ2) is 6.09. The van der Waals surface area contributed by atoms with E-state index in [1.807, 2.05) is 0 Å². The van der Waals surface area contributed by atoms with Crippen LogP contribution in [0, 0.1) is 6.20 Å². The first kappa shape index (κ1) is 16.8. The van der Waals surface area contributed by atoms with Crippen molar-refractivity contribution >= 4 is 0 Å². The zero-order valence-corrected chi connectivity index (χ0v) is 11.8. The van der Waals surface area contributed by atoms with Gasteiger partial charge >= 0.3 is 6.18 Å². The van der Waals surface area contributed by atoms with Gasteiger partial charge in [0.2, 0.25) is 0 Å². The molecule has 1 heterocycles. The van der Waals surface area contributed by atoms with E-state index in [1.165, 1.54) is 6.92 Å². The van der Waals surface area contributed by atoms with Crippen LogP contribution in [0.4, 0.5) is 22.0 Å². The molecular weight excluding hydrogens is 318 g/mol. The van der Waals surface area contributed by atoms with E-state index < -0.39 is 30.4 Å². The first-order valence-electron chi connectivity index (χ1n) is 4.36. The van der Waals surface area contributed by atoms with Crippen molar-refractivity contribution in [3.63, 3.8) is 0 Å². The van der Waals surface area contributed by atoms with Gasteiger partial charge in [0.25, 0.3) is 6.43 Å². The molecule has 0 fully saturated rings. The van der Waals surface area contributed by atoms with Crippen molar-refractivity contribution < 1.29 is 54.7 Å². The maximum Gasteiger partial charge on any atom is 0.396 e. The predicted octanol–water partition coefficient (Wildman–Crippen LogP) is 3.27. The van der Waals surface area contributed by atoms with Crippen LogP contribution in [0.3, 0.4) is 0 Å². The molecular formula is C10H9F5NY-. The number of alkyl halides is 5. The average Bonchev–Trinajstić information content (AvgIpc) is 2.07. The maximum absolute atomic E-state index is 12.5. The molecule has 0 saturated heterocycles. The van der Waals surface area contributed by atoms with Crippen molar-refractivity contribution in [2.45, 2.75) is 19.5 Å². The summed E-state index contributed by atoms with van der Waals surface area (Å²) >= 11 is 0. The third-order valence-electron chi connectivity index (χ3n) is 1.93. The van der Waals surface area contributed by atoms with Crippen molar-refractivity contribution in [1.29, 1.82) is 0 Å². The molecule has 0 aliphatic carbocycles. The van der Waals surface area contributed by atoms with Gasteiger partial charge in [0.05, 0.1) is 6.54 Å². The molecule has 0 atom stereocenters. The van der Waals surface area contributed by atoms with Gasteiger partial charge in [-0.25, -0.2) is 8.78 Å². The summed E-state index contributed by atoms with van der Waals surface area (Å²) < 4.78 is 61.7. The molecule has 0 aromatic carbocycles. The number of nitrogens with zero attached hydrogens (tertiary/aromatic N) is 1. The zero-order chi connectivity index (χ0) is 12.5. The number of hydrogen-bond acceptors (Lipinski definition) is 1. The van der Waals surface area contributed by atoms with Crippen LogP contribution in [0.15, 0.2) is 29.5 Å². The summed E-state index contributed by atoms with van der Waals surface area (Å²) in [5, 5.41) is 0. The molecule has 0 unspecified atom stereocenters. The molecule has 0 aromatic rings. The molecule has 7 heteroatoms. The van der Waals surface area contributed by atoms with E-state index in [0.29, 0.717) is 4.90 Å². The van der Waals surface area contributed by atoms with Crippen LogP contribution >= 0.6 is 0 Å². The summed E-state index contributed by atoms with van der Waals surface area (Å²) in [7, 11) is 0. The largest absolute Gasteiger partial charge is 0.451 e. The molecule has 17 heavy (non-hydrogen) atoms. The summed E-state index contributed by atoms with van der Waals surface area (Å²) in [5.41, 5.74) is -1.37. The number of hydrogen-bond donors (Lipinski definition) is 0. The first-order valence-corrected chi connectivity index (χ1v) is 4.36. The van der Waals surface area contributed by atoms with Gasteiger partial charge in [0.1, 0.15) is 0 Å². The number of halogens is 5. The Morgan fingerprint density at radius 2 is 1.94 bits per heavy atom. The maximum atomic E-state index is 12.5. The third kappa shape index (κ3) is 4.50. The SMILES string of the molecule is C=C1C(C(F)(F)F)=CC(C)=[C-]N1CC(F)F.[Y]. The third-order valence-corrected chi connectivity index (χ3v) is 1.93. The van der Waals surface area contributed by atoms with Gasteiger partial charge in [0.15, 0.2) is 0 Å². The Hall–Kier alpha value is -0.226. The summed E-state index contributed by atoms with van der Waals surface area (Å²) in [6.45, 7) is 3.67. The Morgan fingerprint density at radius 1 is 1.41 bits per heavy atom. The molecule has 0 N–H and O–H groups in total. The zero-order valence-electron chi connectivity index (χ0n) is 8.98. The van der Waals surface area contributed by atoms with E-state index in [0.717, 1.165) is 6.08 Å². The van der Waals surface area contributed by atoms with Gasteiger partial charge < -0.3 is 4.90 Å². The van der Waals surface area contributed by atoms with Crippen molar-refractivity contribution in [3.05, 3.63) is 35.7 Å². The van der Waals surface area contributed by atoms with Crippen LogP contribution in [0.2, 0.25) is 0 Å². The fourth-order valence-electron chi connectivity index (χ4n) is 1.30. The van der Waals surface area contributed by atoms with Gasteiger partial charge in [-0.05, 0) is 5.57 Å². The van der Waals surface area contributed by atoms with E-state index in [-0.39, 0.29) is 38.3 Å². The van der Waals surface area contributed by atoms with Gasteiger partial charge in [-0.2, -0.15) is 19.2 Å². The molecule has 0 spiro atoms. The molecule has 0 amide bonds. The molecule has 0 saturated carbocycles. The second-order valence-electron chi connectivity index (χ2n) is 3.30. The Morgan fingerprint density at radius 3 is 2.35 bits per heavy atom. The summed E-state index contributed by atoms with van der Waals surface area (Å²) in [6, 6.07) is 0. The van der Waals surface area contributed by atoms with Crippen LogP contribution in [0.1, 0.15) is 6.92 Å². The minimum absolute atomic E-state index is 0. The summed E-state index contributed by atoms with van der Waals surface area (Å²) in [6.07, 6.45) is -4.11. The van der Waals surface area contributed by atoms with Crippen LogP contribution in [-0.4, -0.2) is 24.0 Å². The van der Waals surface area contributed by atoms with Crippen LogP contribution in [0.5, 0.6) is 0 Å². The number of rotatable bonds is 2. The predicted molar refractivity (Wildman–Crippen MR) is 48.4 cm³/mol. The summed E-state index contributed by atoms with van der Waals surface area (Å²) in [5.74, 6) is 0. The Balaban J connectivity index is 0.00000256. The monoisotopic (exact) mass is 327 g/mol. The Kier molecular flexibility index (Phi) is 6.01. The minimum atomic E-state index is -4.60. The average molecular weight is 327 g/mol. The molecule has 1 rings (SSSR count). The molecule has 1 aliphatic rings. The summed E-state index contributed by atoms with van der Waals surface area (Å²) in [4.78, 5) is 0.697. The Labute approximate surface area is 121 Å². The molecule has 93 valence electrons. The molecule has 0 aromatic heterocycles. The fraction of sp³-hybridized carbons (Fsp3) is 0.400. The quantitative estimate of drug-likeness (QED) is 0.556. The van der Waals surface area contributed by atoms with Gasteiger partial charge in [-0.15, -0.1) is 12.2 Å². The van der Waals surface area contributed by atoms with Crippen LogP contribution < -0.4 is 0 Å². The van der Waals surface area contributed by atoms with E-state index in [4.69, 9.17) is 0 Å².